The Morgan fingerprint density at radius 1 is 1.00 bits per heavy atom. The Hall–Kier alpha value is -4.59. The van der Waals surface area contributed by atoms with Gasteiger partial charge in [-0.1, -0.05) is 24.3 Å². The number of esters is 2. The molecular formula is C27H24N2O6. The highest BCUT2D eigenvalue weighted by molar-refractivity contribution is 5.94. The lowest BCUT2D eigenvalue weighted by Gasteiger charge is -2.12. The van der Waals surface area contributed by atoms with E-state index in [2.05, 4.69) is 9.72 Å². The number of aryl methyl sites for hydroxylation is 1. The minimum absolute atomic E-state index is 0.190. The third-order valence-electron chi connectivity index (χ3n) is 5.21. The van der Waals surface area contributed by atoms with E-state index in [9.17, 15) is 9.59 Å². The number of pyridine rings is 1. The molecule has 178 valence electrons. The first-order valence-electron chi connectivity index (χ1n) is 10.8. The fraction of sp³-hybridized carbons (Fsp3) is 0.148. The Bertz CT molecular complexity index is 1410. The van der Waals surface area contributed by atoms with Gasteiger partial charge in [0.05, 0.1) is 19.9 Å². The number of carbonyl (C=O) groups excluding carboxylic acids is 2. The predicted octanol–water partition coefficient (Wildman–Crippen LogP) is 4.64. The van der Waals surface area contributed by atoms with Gasteiger partial charge in [0.2, 0.25) is 0 Å². The van der Waals surface area contributed by atoms with E-state index in [0.717, 1.165) is 16.9 Å². The smallest absolute Gasteiger partial charge is 0.347 e. The molecule has 0 bridgehead atoms. The molecule has 0 saturated heterocycles. The van der Waals surface area contributed by atoms with Crippen LogP contribution >= 0.6 is 0 Å². The predicted molar refractivity (Wildman–Crippen MR) is 130 cm³/mol. The number of benzene rings is 2. The first-order chi connectivity index (χ1) is 17.0. The SMILES string of the molecule is COC(=O)/C=C/c1ccc(OC(=O)c2ccccc2OCc2cn3cccc(C)c3n2)c(OC)c1. The van der Waals surface area contributed by atoms with Crippen LogP contribution in [0.15, 0.2) is 73.1 Å². The number of hydrogen-bond acceptors (Lipinski definition) is 7. The zero-order valence-corrected chi connectivity index (χ0v) is 19.6. The van der Waals surface area contributed by atoms with Crippen molar-refractivity contribution in [3.63, 3.8) is 0 Å². The van der Waals surface area contributed by atoms with Crippen molar-refractivity contribution in [2.24, 2.45) is 0 Å². The molecule has 2 heterocycles. The second-order valence-electron chi connectivity index (χ2n) is 7.60. The summed E-state index contributed by atoms with van der Waals surface area (Å²) in [4.78, 5) is 28.9. The van der Waals surface area contributed by atoms with Crippen LogP contribution in [0.3, 0.4) is 0 Å². The lowest BCUT2D eigenvalue weighted by atomic mass is 10.1. The van der Waals surface area contributed by atoms with Crippen molar-refractivity contribution in [2.45, 2.75) is 13.5 Å². The van der Waals surface area contributed by atoms with Crippen molar-refractivity contribution in [1.82, 2.24) is 9.38 Å². The summed E-state index contributed by atoms with van der Waals surface area (Å²) in [5.74, 6) is -0.123. The number of hydrogen-bond donors (Lipinski definition) is 0. The molecule has 0 aliphatic carbocycles. The van der Waals surface area contributed by atoms with Crippen LogP contribution in [0, 0.1) is 6.92 Å². The lowest BCUT2D eigenvalue weighted by Crippen LogP contribution is -2.11. The maximum absolute atomic E-state index is 13.0. The van der Waals surface area contributed by atoms with Gasteiger partial charge in [-0.25, -0.2) is 14.6 Å². The molecule has 0 amide bonds. The van der Waals surface area contributed by atoms with Gasteiger partial charge in [0, 0.05) is 18.5 Å². The Kier molecular flexibility index (Phi) is 7.11. The summed E-state index contributed by atoms with van der Waals surface area (Å²) >= 11 is 0. The van der Waals surface area contributed by atoms with Crippen LogP contribution in [-0.4, -0.2) is 35.5 Å². The molecule has 8 heteroatoms. The van der Waals surface area contributed by atoms with Gasteiger partial charge >= 0.3 is 11.9 Å². The van der Waals surface area contributed by atoms with Crippen LogP contribution in [0.5, 0.6) is 17.2 Å². The molecular weight excluding hydrogens is 448 g/mol. The molecule has 0 saturated carbocycles. The molecule has 0 N–H and O–H groups in total. The third-order valence-corrected chi connectivity index (χ3v) is 5.21. The van der Waals surface area contributed by atoms with Crippen LogP contribution in [-0.2, 0) is 16.1 Å². The number of rotatable bonds is 8. The van der Waals surface area contributed by atoms with E-state index in [1.54, 1.807) is 48.5 Å². The lowest BCUT2D eigenvalue weighted by molar-refractivity contribution is -0.134. The van der Waals surface area contributed by atoms with E-state index < -0.39 is 11.9 Å². The number of para-hydroxylation sites is 1. The van der Waals surface area contributed by atoms with Crippen molar-refractivity contribution < 1.29 is 28.5 Å². The fourth-order valence-corrected chi connectivity index (χ4v) is 3.45. The average molecular weight is 472 g/mol. The van der Waals surface area contributed by atoms with Crippen molar-refractivity contribution >= 4 is 23.7 Å². The van der Waals surface area contributed by atoms with Gasteiger partial charge in [-0.2, -0.15) is 0 Å². The van der Waals surface area contributed by atoms with Gasteiger partial charge in [-0.05, 0) is 54.5 Å². The number of ether oxygens (including phenoxy) is 4. The van der Waals surface area contributed by atoms with Gasteiger partial charge in [-0.3, -0.25) is 0 Å². The van der Waals surface area contributed by atoms with Gasteiger partial charge < -0.3 is 23.3 Å². The molecule has 0 unspecified atom stereocenters. The Labute approximate surface area is 202 Å². The summed E-state index contributed by atoms with van der Waals surface area (Å²) < 4.78 is 23.4. The van der Waals surface area contributed by atoms with Crippen LogP contribution in [0.25, 0.3) is 11.7 Å². The standard InChI is InChI=1S/C27H24N2O6/c1-18-7-6-14-29-16-20(28-26(18)29)17-34-22-9-5-4-8-21(22)27(31)35-23-12-10-19(15-24(23)32-2)11-13-25(30)33-3/h4-16H,17H2,1-3H3/b13-11+. The summed E-state index contributed by atoms with van der Waals surface area (Å²) in [7, 11) is 2.77. The quantitative estimate of drug-likeness (QED) is 0.210. The van der Waals surface area contributed by atoms with Crippen molar-refractivity contribution in [3.8, 4) is 17.2 Å². The Morgan fingerprint density at radius 2 is 1.83 bits per heavy atom. The van der Waals surface area contributed by atoms with Gasteiger partial charge in [0.1, 0.15) is 23.6 Å². The van der Waals surface area contributed by atoms with Gasteiger partial charge in [-0.15, -0.1) is 0 Å². The largest absolute Gasteiger partial charge is 0.493 e. The van der Waals surface area contributed by atoms with E-state index in [1.807, 2.05) is 35.9 Å². The highest BCUT2D eigenvalue weighted by Crippen LogP contribution is 2.30. The monoisotopic (exact) mass is 472 g/mol. The molecule has 0 fully saturated rings. The zero-order valence-electron chi connectivity index (χ0n) is 19.6. The molecule has 8 nitrogen and oxygen atoms in total. The fourth-order valence-electron chi connectivity index (χ4n) is 3.45. The molecule has 35 heavy (non-hydrogen) atoms. The third kappa shape index (κ3) is 5.50. The molecule has 2 aromatic heterocycles. The normalized spacial score (nSPS) is 10.9. The molecule has 0 atom stereocenters. The molecule has 2 aromatic carbocycles. The molecule has 0 radical (unpaired) electrons. The maximum atomic E-state index is 13.0. The van der Waals surface area contributed by atoms with E-state index in [0.29, 0.717) is 17.1 Å². The summed E-state index contributed by atoms with van der Waals surface area (Å²) in [6.45, 7) is 2.18. The van der Waals surface area contributed by atoms with E-state index in [1.165, 1.54) is 20.3 Å². The summed E-state index contributed by atoms with van der Waals surface area (Å²) in [6.07, 6.45) is 6.68. The number of fused-ring (bicyclic) bond motifs is 1. The molecule has 0 aliphatic heterocycles. The number of methoxy groups -OCH3 is 2. The Balaban J connectivity index is 1.50. The summed E-state index contributed by atoms with van der Waals surface area (Å²) in [6, 6.07) is 15.7. The Morgan fingerprint density at radius 3 is 2.60 bits per heavy atom. The van der Waals surface area contributed by atoms with Crippen molar-refractivity contribution in [3.05, 3.63) is 95.5 Å². The molecule has 4 aromatic rings. The maximum Gasteiger partial charge on any atom is 0.347 e. The highest BCUT2D eigenvalue weighted by Gasteiger charge is 2.17. The van der Waals surface area contributed by atoms with Gasteiger partial charge in [0.25, 0.3) is 0 Å². The van der Waals surface area contributed by atoms with E-state index in [-0.39, 0.29) is 17.9 Å². The van der Waals surface area contributed by atoms with Crippen molar-refractivity contribution in [2.75, 3.05) is 14.2 Å². The zero-order chi connectivity index (χ0) is 24.8. The topological polar surface area (TPSA) is 88.4 Å². The van der Waals surface area contributed by atoms with Crippen LogP contribution in [0.4, 0.5) is 0 Å². The summed E-state index contributed by atoms with van der Waals surface area (Å²) in [5, 5.41) is 0. The second kappa shape index (κ2) is 10.6. The van der Waals surface area contributed by atoms with Crippen molar-refractivity contribution in [1.29, 1.82) is 0 Å². The number of aromatic nitrogens is 2. The van der Waals surface area contributed by atoms with Gasteiger partial charge in [0.15, 0.2) is 11.5 Å². The highest BCUT2D eigenvalue weighted by atomic mass is 16.6. The van der Waals surface area contributed by atoms with Crippen LogP contribution < -0.4 is 14.2 Å². The second-order valence-corrected chi connectivity index (χ2v) is 7.60. The minimum atomic E-state index is -0.595. The van der Waals surface area contributed by atoms with Crippen LogP contribution in [0.2, 0.25) is 0 Å². The number of imidazole rings is 1. The number of carbonyl (C=O) groups is 2. The van der Waals surface area contributed by atoms with E-state index in [4.69, 9.17) is 14.2 Å². The van der Waals surface area contributed by atoms with E-state index >= 15 is 0 Å². The molecule has 0 aliphatic rings. The molecule has 4 rings (SSSR count). The average Bonchev–Trinajstić information content (AvgIpc) is 3.31. The molecule has 0 spiro atoms. The number of nitrogens with zero attached hydrogens (tertiary/aromatic N) is 2. The summed E-state index contributed by atoms with van der Waals surface area (Å²) in [5.41, 5.74) is 3.60. The first kappa shape index (κ1) is 23.6. The van der Waals surface area contributed by atoms with Crippen LogP contribution in [0.1, 0.15) is 27.2 Å². The minimum Gasteiger partial charge on any atom is -0.493 e. The first-order valence-corrected chi connectivity index (χ1v) is 10.8.